The largest absolute Gasteiger partial charge is 0.292 e. The third kappa shape index (κ3) is 2.97. The quantitative estimate of drug-likeness (QED) is 0.696. The zero-order chi connectivity index (χ0) is 14.7. The molecule has 5 heteroatoms. The number of hydrogen-bond acceptors (Lipinski definition) is 2. The maximum Gasteiger partial charge on any atom is 0.185 e. The minimum absolute atomic E-state index is 0.0897. The van der Waals surface area contributed by atoms with E-state index in [4.69, 9.17) is 0 Å². The molecule has 0 heterocycles. The number of Topliss-reactive ketones (excluding diaryl/α,β-unsaturated/α-hetero) is 1. The normalized spacial score (nSPS) is 11.7. The summed E-state index contributed by atoms with van der Waals surface area (Å²) in [5.74, 6) is -2.16. The van der Waals surface area contributed by atoms with Gasteiger partial charge < -0.3 is 0 Å². The van der Waals surface area contributed by atoms with E-state index in [1.165, 1.54) is 18.2 Å². The van der Waals surface area contributed by atoms with Gasteiger partial charge >= 0.3 is 0 Å². The van der Waals surface area contributed by atoms with Crippen LogP contribution in [0.4, 0.5) is 4.39 Å². The van der Waals surface area contributed by atoms with Crippen LogP contribution in [0.15, 0.2) is 51.4 Å². The first-order chi connectivity index (χ1) is 9.54. The highest BCUT2D eigenvalue weighted by molar-refractivity contribution is 9.11. The number of nitrogens with zero attached hydrogens (tertiary/aromatic N) is 1. The second-order valence-electron chi connectivity index (χ2n) is 4.07. The van der Waals surface area contributed by atoms with Gasteiger partial charge in [0.2, 0.25) is 0 Å². The predicted octanol–water partition coefficient (Wildman–Crippen LogP) is 4.84. The Balaban J connectivity index is 2.48. The molecule has 0 fully saturated rings. The molecule has 0 aliphatic carbocycles. The number of carbonyl (C=O) groups excluding carboxylic acids is 1. The van der Waals surface area contributed by atoms with Crippen molar-refractivity contribution in [3.8, 4) is 6.07 Å². The Bertz CT molecular complexity index is 709. The number of rotatable bonds is 3. The Morgan fingerprint density at radius 3 is 2.55 bits per heavy atom. The van der Waals surface area contributed by atoms with E-state index in [1.807, 2.05) is 6.07 Å². The molecule has 2 aromatic carbocycles. The van der Waals surface area contributed by atoms with E-state index in [2.05, 4.69) is 31.9 Å². The molecule has 0 aliphatic heterocycles. The zero-order valence-electron chi connectivity index (χ0n) is 10.1. The molecule has 0 aliphatic rings. The number of ketones is 1. The fourth-order valence-electron chi connectivity index (χ4n) is 1.82. The van der Waals surface area contributed by atoms with E-state index in [0.29, 0.717) is 14.5 Å². The molecule has 0 saturated carbocycles. The molecule has 0 aromatic heterocycles. The van der Waals surface area contributed by atoms with Crippen LogP contribution in [0.2, 0.25) is 0 Å². The summed E-state index contributed by atoms with van der Waals surface area (Å²) in [4.78, 5) is 12.5. The lowest BCUT2D eigenvalue weighted by Crippen LogP contribution is -2.13. The monoisotopic (exact) mass is 395 g/mol. The van der Waals surface area contributed by atoms with Crippen molar-refractivity contribution >= 4 is 37.6 Å². The van der Waals surface area contributed by atoms with Gasteiger partial charge in [-0.1, -0.05) is 50.1 Å². The SMILES string of the molecule is N#CC(C(=O)c1cc(Br)ccc1Br)c1ccccc1F. The Kier molecular flexibility index (Phi) is 4.69. The predicted molar refractivity (Wildman–Crippen MR) is 80.9 cm³/mol. The van der Waals surface area contributed by atoms with E-state index in [9.17, 15) is 14.4 Å². The van der Waals surface area contributed by atoms with Crippen LogP contribution in [0, 0.1) is 17.1 Å². The van der Waals surface area contributed by atoms with Crippen LogP contribution in [-0.2, 0) is 0 Å². The van der Waals surface area contributed by atoms with Crippen LogP contribution in [0.1, 0.15) is 21.8 Å². The average molecular weight is 397 g/mol. The number of nitriles is 1. The summed E-state index contributed by atoms with van der Waals surface area (Å²) in [6.07, 6.45) is 0. The summed E-state index contributed by atoms with van der Waals surface area (Å²) in [7, 11) is 0. The number of halogens is 3. The number of carbonyl (C=O) groups is 1. The smallest absolute Gasteiger partial charge is 0.185 e. The lowest BCUT2D eigenvalue weighted by Gasteiger charge is -2.11. The highest BCUT2D eigenvalue weighted by Crippen LogP contribution is 2.28. The van der Waals surface area contributed by atoms with Crippen LogP contribution in [-0.4, -0.2) is 5.78 Å². The van der Waals surface area contributed by atoms with Gasteiger partial charge in [0.15, 0.2) is 5.78 Å². The first-order valence-corrected chi connectivity index (χ1v) is 7.26. The standard InChI is InChI=1S/C15H8Br2FNO/c16-9-5-6-13(17)11(7-9)15(20)12(8-19)10-3-1-2-4-14(10)18/h1-7,12H. The van der Waals surface area contributed by atoms with E-state index in [-0.39, 0.29) is 5.56 Å². The van der Waals surface area contributed by atoms with Crippen molar-refractivity contribution in [2.24, 2.45) is 0 Å². The molecule has 0 bridgehead atoms. The first-order valence-electron chi connectivity index (χ1n) is 5.68. The summed E-state index contributed by atoms with van der Waals surface area (Å²) in [5, 5.41) is 9.23. The molecule has 100 valence electrons. The lowest BCUT2D eigenvalue weighted by molar-refractivity contribution is 0.0976. The van der Waals surface area contributed by atoms with Gasteiger partial charge in [0.25, 0.3) is 0 Å². The van der Waals surface area contributed by atoms with Crippen molar-refractivity contribution in [1.29, 1.82) is 5.26 Å². The molecule has 0 saturated heterocycles. The van der Waals surface area contributed by atoms with Gasteiger partial charge in [0.05, 0.1) is 6.07 Å². The van der Waals surface area contributed by atoms with Gasteiger partial charge in [0, 0.05) is 20.1 Å². The van der Waals surface area contributed by atoms with E-state index < -0.39 is 17.5 Å². The lowest BCUT2D eigenvalue weighted by atomic mass is 9.91. The van der Waals surface area contributed by atoms with Gasteiger partial charge in [-0.25, -0.2) is 4.39 Å². The first kappa shape index (κ1) is 14.9. The number of hydrogen-bond donors (Lipinski definition) is 0. The van der Waals surface area contributed by atoms with Crippen LogP contribution >= 0.6 is 31.9 Å². The minimum Gasteiger partial charge on any atom is -0.292 e. The van der Waals surface area contributed by atoms with Gasteiger partial charge in [-0.15, -0.1) is 0 Å². The van der Waals surface area contributed by atoms with Crippen molar-refractivity contribution in [3.05, 3.63) is 68.4 Å². The van der Waals surface area contributed by atoms with E-state index in [0.717, 1.165) is 0 Å². The highest BCUT2D eigenvalue weighted by atomic mass is 79.9. The van der Waals surface area contributed by atoms with E-state index in [1.54, 1.807) is 24.3 Å². The zero-order valence-corrected chi connectivity index (χ0v) is 13.3. The van der Waals surface area contributed by atoms with Crippen LogP contribution < -0.4 is 0 Å². The fourth-order valence-corrected chi connectivity index (χ4v) is 2.62. The Morgan fingerprint density at radius 2 is 1.90 bits per heavy atom. The van der Waals surface area contributed by atoms with Crippen molar-refractivity contribution < 1.29 is 9.18 Å². The molecule has 20 heavy (non-hydrogen) atoms. The number of benzene rings is 2. The van der Waals surface area contributed by atoms with Crippen molar-refractivity contribution in [2.75, 3.05) is 0 Å². The van der Waals surface area contributed by atoms with Crippen LogP contribution in [0.3, 0.4) is 0 Å². The molecule has 2 nitrogen and oxygen atoms in total. The molecule has 1 unspecified atom stereocenters. The maximum absolute atomic E-state index is 13.8. The van der Waals surface area contributed by atoms with E-state index >= 15 is 0 Å². The Labute approximate surface area is 132 Å². The molecule has 1 atom stereocenters. The second kappa shape index (κ2) is 6.29. The molecular formula is C15H8Br2FNO. The summed E-state index contributed by atoms with van der Waals surface area (Å²) < 4.78 is 15.0. The van der Waals surface area contributed by atoms with Gasteiger partial charge in [-0.2, -0.15) is 5.26 Å². The highest BCUT2D eigenvalue weighted by Gasteiger charge is 2.26. The molecule has 0 N–H and O–H groups in total. The average Bonchev–Trinajstić information content (AvgIpc) is 2.44. The van der Waals surface area contributed by atoms with Gasteiger partial charge in [-0.05, 0) is 24.3 Å². The molecule has 0 amide bonds. The third-order valence-corrected chi connectivity index (χ3v) is 3.99. The Hall–Kier alpha value is -1.51. The summed E-state index contributed by atoms with van der Waals surface area (Å²) in [5.41, 5.74) is 0.432. The second-order valence-corrected chi connectivity index (χ2v) is 5.84. The minimum atomic E-state index is -1.17. The van der Waals surface area contributed by atoms with Crippen LogP contribution in [0.25, 0.3) is 0 Å². The topological polar surface area (TPSA) is 40.9 Å². The summed E-state index contributed by atoms with van der Waals surface area (Å²) in [6.45, 7) is 0. The molecule has 2 rings (SSSR count). The molecule has 2 aromatic rings. The summed E-state index contributed by atoms with van der Waals surface area (Å²) >= 11 is 6.55. The van der Waals surface area contributed by atoms with Crippen molar-refractivity contribution in [3.63, 3.8) is 0 Å². The van der Waals surface area contributed by atoms with Crippen molar-refractivity contribution in [1.82, 2.24) is 0 Å². The Morgan fingerprint density at radius 1 is 1.20 bits per heavy atom. The molecule has 0 radical (unpaired) electrons. The maximum atomic E-state index is 13.8. The van der Waals surface area contributed by atoms with Crippen molar-refractivity contribution in [2.45, 2.75) is 5.92 Å². The van der Waals surface area contributed by atoms with Gasteiger partial charge in [0.1, 0.15) is 11.7 Å². The molecule has 0 spiro atoms. The third-order valence-electron chi connectivity index (χ3n) is 2.80. The van der Waals surface area contributed by atoms with Crippen LogP contribution in [0.5, 0.6) is 0 Å². The van der Waals surface area contributed by atoms with Gasteiger partial charge in [-0.3, -0.25) is 4.79 Å². The fraction of sp³-hybridized carbons (Fsp3) is 0.0667. The molecular weight excluding hydrogens is 389 g/mol. The summed E-state index contributed by atoms with van der Waals surface area (Å²) in [6, 6.07) is 12.8.